The van der Waals surface area contributed by atoms with Crippen LogP contribution >= 0.6 is 34.4 Å². The molecule has 0 atom stereocenters. The van der Waals surface area contributed by atoms with Crippen molar-refractivity contribution in [2.24, 2.45) is 0 Å². The predicted molar refractivity (Wildman–Crippen MR) is 101 cm³/mol. The summed E-state index contributed by atoms with van der Waals surface area (Å²) in [7, 11) is 0. The van der Waals surface area contributed by atoms with Gasteiger partial charge in [0.2, 0.25) is 11.7 Å². The molecule has 1 aliphatic rings. The fourth-order valence-corrected chi connectivity index (χ4v) is 5.93. The van der Waals surface area contributed by atoms with Gasteiger partial charge in [-0.3, -0.25) is 0 Å². The molecule has 8 heteroatoms. The lowest BCUT2D eigenvalue weighted by Gasteiger charge is -2.11. The van der Waals surface area contributed by atoms with Crippen LogP contribution in [0.4, 0.5) is 0 Å². The van der Waals surface area contributed by atoms with Gasteiger partial charge in [0, 0.05) is 10.3 Å². The van der Waals surface area contributed by atoms with E-state index in [0.717, 1.165) is 21.2 Å². The van der Waals surface area contributed by atoms with Crippen molar-refractivity contribution in [2.45, 2.75) is 36.5 Å². The molecule has 0 aromatic carbocycles. The SMILES string of the molecule is c1csc(-c2noc(CSc3ncnc4sc5c(c34)CCCC5)n2)c1. The van der Waals surface area contributed by atoms with Crippen molar-refractivity contribution in [2.75, 3.05) is 0 Å². The molecule has 0 saturated heterocycles. The smallest absolute Gasteiger partial charge is 0.237 e. The number of nitrogens with zero attached hydrogens (tertiary/aromatic N) is 4. The summed E-state index contributed by atoms with van der Waals surface area (Å²) >= 11 is 5.09. The Morgan fingerprint density at radius 3 is 3.08 bits per heavy atom. The van der Waals surface area contributed by atoms with Crippen molar-refractivity contribution in [1.29, 1.82) is 0 Å². The van der Waals surface area contributed by atoms with Crippen LogP contribution in [0.3, 0.4) is 0 Å². The summed E-state index contributed by atoms with van der Waals surface area (Å²) in [6.07, 6.45) is 6.51. The van der Waals surface area contributed by atoms with Gasteiger partial charge < -0.3 is 4.52 Å². The summed E-state index contributed by atoms with van der Waals surface area (Å²) in [5, 5.41) is 8.35. The molecule has 0 bridgehead atoms. The average molecular weight is 387 g/mol. The van der Waals surface area contributed by atoms with Gasteiger partial charge in [-0.05, 0) is 42.7 Å². The summed E-state index contributed by atoms with van der Waals surface area (Å²) in [4.78, 5) is 17.1. The van der Waals surface area contributed by atoms with Gasteiger partial charge in [0.15, 0.2) is 0 Å². The van der Waals surface area contributed by atoms with Crippen LogP contribution < -0.4 is 0 Å². The van der Waals surface area contributed by atoms with Crippen LogP contribution in [-0.4, -0.2) is 20.1 Å². The first kappa shape index (κ1) is 15.5. The molecule has 4 aromatic rings. The second-order valence-corrected chi connectivity index (χ2v) is 8.84. The topological polar surface area (TPSA) is 64.7 Å². The second kappa shape index (κ2) is 6.51. The molecule has 4 aromatic heterocycles. The van der Waals surface area contributed by atoms with E-state index in [-0.39, 0.29) is 0 Å². The van der Waals surface area contributed by atoms with Crippen LogP contribution in [0.25, 0.3) is 20.9 Å². The minimum absolute atomic E-state index is 0.620. The maximum absolute atomic E-state index is 5.40. The molecular formula is C17H14N4OS3. The van der Waals surface area contributed by atoms with E-state index in [1.807, 2.05) is 28.8 Å². The Morgan fingerprint density at radius 1 is 1.20 bits per heavy atom. The number of thioether (sulfide) groups is 1. The van der Waals surface area contributed by atoms with E-state index in [4.69, 9.17) is 4.52 Å². The number of thiophene rings is 2. The van der Waals surface area contributed by atoms with Crippen molar-refractivity contribution in [3.05, 3.63) is 40.2 Å². The zero-order valence-corrected chi connectivity index (χ0v) is 15.7. The Bertz CT molecular complexity index is 1020. The molecular weight excluding hydrogens is 372 g/mol. The zero-order chi connectivity index (χ0) is 16.6. The Labute approximate surface area is 156 Å². The molecule has 0 aliphatic heterocycles. The Hall–Kier alpha value is -1.77. The van der Waals surface area contributed by atoms with E-state index in [9.17, 15) is 0 Å². The van der Waals surface area contributed by atoms with Gasteiger partial charge in [-0.15, -0.1) is 22.7 Å². The number of fused-ring (bicyclic) bond motifs is 3. The van der Waals surface area contributed by atoms with Gasteiger partial charge in [-0.25, -0.2) is 9.97 Å². The first-order valence-corrected chi connectivity index (χ1v) is 10.8. The monoisotopic (exact) mass is 386 g/mol. The minimum atomic E-state index is 0.620. The van der Waals surface area contributed by atoms with Crippen LogP contribution in [0.2, 0.25) is 0 Å². The number of aromatic nitrogens is 4. The van der Waals surface area contributed by atoms with Crippen molar-refractivity contribution in [3.8, 4) is 10.7 Å². The zero-order valence-electron chi connectivity index (χ0n) is 13.3. The maximum Gasteiger partial charge on any atom is 0.237 e. The first-order valence-electron chi connectivity index (χ1n) is 8.13. The van der Waals surface area contributed by atoms with E-state index >= 15 is 0 Å². The maximum atomic E-state index is 5.40. The van der Waals surface area contributed by atoms with Gasteiger partial charge in [-0.2, -0.15) is 4.98 Å². The minimum Gasteiger partial charge on any atom is -0.338 e. The van der Waals surface area contributed by atoms with E-state index in [1.54, 1.807) is 29.4 Å². The van der Waals surface area contributed by atoms with Crippen molar-refractivity contribution in [3.63, 3.8) is 0 Å². The quantitative estimate of drug-likeness (QED) is 0.364. The molecule has 0 spiro atoms. The lowest BCUT2D eigenvalue weighted by Crippen LogP contribution is -1.99. The molecule has 0 saturated carbocycles. The third-order valence-corrected chi connectivity index (χ3v) is 7.30. The van der Waals surface area contributed by atoms with E-state index < -0.39 is 0 Å². The summed E-state index contributed by atoms with van der Waals surface area (Å²) < 4.78 is 5.40. The highest BCUT2D eigenvalue weighted by Crippen LogP contribution is 2.39. The Kier molecular flexibility index (Phi) is 4.03. The Balaban J connectivity index is 1.42. The molecule has 5 nitrogen and oxygen atoms in total. The van der Waals surface area contributed by atoms with Crippen molar-refractivity contribution in [1.82, 2.24) is 20.1 Å². The average Bonchev–Trinajstić information content (AvgIpc) is 3.37. The molecule has 0 amide bonds. The van der Waals surface area contributed by atoms with E-state index in [1.165, 1.54) is 35.1 Å². The normalized spacial score (nSPS) is 14.1. The largest absolute Gasteiger partial charge is 0.338 e. The van der Waals surface area contributed by atoms with Crippen LogP contribution in [0.15, 0.2) is 33.4 Å². The van der Waals surface area contributed by atoms with E-state index in [2.05, 4.69) is 20.1 Å². The second-order valence-electron chi connectivity index (χ2n) is 5.85. The Morgan fingerprint density at radius 2 is 2.16 bits per heavy atom. The predicted octanol–water partition coefficient (Wildman–Crippen LogP) is 4.97. The third kappa shape index (κ3) is 2.88. The molecule has 0 N–H and O–H groups in total. The first-order chi connectivity index (χ1) is 12.4. The highest BCUT2D eigenvalue weighted by Gasteiger charge is 2.20. The molecule has 1 aliphatic carbocycles. The molecule has 0 fully saturated rings. The fraction of sp³-hybridized carbons (Fsp3) is 0.294. The summed E-state index contributed by atoms with van der Waals surface area (Å²) in [6.45, 7) is 0. The van der Waals surface area contributed by atoms with Gasteiger partial charge in [0.1, 0.15) is 16.2 Å². The lowest BCUT2D eigenvalue weighted by atomic mass is 9.97. The van der Waals surface area contributed by atoms with Crippen LogP contribution in [0, 0.1) is 0 Å². The molecule has 0 radical (unpaired) electrons. The molecule has 25 heavy (non-hydrogen) atoms. The highest BCUT2D eigenvalue weighted by atomic mass is 32.2. The third-order valence-electron chi connectivity index (χ3n) is 4.26. The highest BCUT2D eigenvalue weighted by molar-refractivity contribution is 7.98. The summed E-state index contributed by atoms with van der Waals surface area (Å²) in [5.41, 5.74) is 1.46. The molecule has 5 rings (SSSR count). The van der Waals surface area contributed by atoms with E-state index in [0.29, 0.717) is 17.5 Å². The summed E-state index contributed by atoms with van der Waals surface area (Å²) in [5.74, 6) is 1.91. The van der Waals surface area contributed by atoms with Crippen molar-refractivity contribution >= 4 is 44.7 Å². The van der Waals surface area contributed by atoms with Crippen LogP contribution in [-0.2, 0) is 18.6 Å². The lowest BCUT2D eigenvalue weighted by molar-refractivity contribution is 0.392. The molecule has 126 valence electrons. The fourth-order valence-electron chi connectivity index (χ4n) is 3.12. The van der Waals surface area contributed by atoms with Gasteiger partial charge >= 0.3 is 0 Å². The van der Waals surface area contributed by atoms with Gasteiger partial charge in [-0.1, -0.05) is 23.0 Å². The number of rotatable bonds is 4. The number of hydrogen-bond acceptors (Lipinski definition) is 8. The van der Waals surface area contributed by atoms with Gasteiger partial charge in [0.25, 0.3) is 0 Å². The van der Waals surface area contributed by atoms with Crippen molar-refractivity contribution < 1.29 is 4.52 Å². The van der Waals surface area contributed by atoms with Crippen LogP contribution in [0.5, 0.6) is 0 Å². The molecule has 0 unspecified atom stereocenters. The van der Waals surface area contributed by atoms with Gasteiger partial charge in [0.05, 0.1) is 10.6 Å². The standard InChI is InChI=1S/C17H14N4OS3/c1-2-5-11-10(4-1)14-16(18-9-19-17(14)25-11)24-8-13-20-15(21-22-13)12-6-3-7-23-12/h3,6-7,9H,1-2,4-5,8H2. The number of aryl methyl sites for hydroxylation is 2. The van der Waals surface area contributed by atoms with Crippen LogP contribution in [0.1, 0.15) is 29.2 Å². The number of hydrogen-bond donors (Lipinski definition) is 0. The summed E-state index contributed by atoms with van der Waals surface area (Å²) in [6, 6.07) is 3.99. The molecule has 4 heterocycles.